The van der Waals surface area contributed by atoms with Crippen molar-refractivity contribution in [2.45, 2.75) is 61.1 Å². The fourth-order valence-corrected chi connectivity index (χ4v) is 4.37. The lowest BCUT2D eigenvalue weighted by atomic mass is 10.0. The van der Waals surface area contributed by atoms with Crippen LogP contribution in [0.2, 0.25) is 0 Å². The number of carbonyl (C=O) groups excluding carboxylic acids is 1. The largest absolute Gasteiger partial charge is 0.325 e. The van der Waals surface area contributed by atoms with Gasteiger partial charge in [-0.05, 0) is 56.5 Å². The number of hydrogen-bond acceptors (Lipinski definition) is 3. The normalized spacial score (nSPS) is 22.1. The monoisotopic (exact) mass is 340 g/mol. The number of amides is 1. The highest BCUT2D eigenvalue weighted by molar-refractivity contribution is 8.00. The lowest BCUT2D eigenvalue weighted by Gasteiger charge is -2.22. The number of anilines is 1. The van der Waals surface area contributed by atoms with Gasteiger partial charge >= 0.3 is 0 Å². The summed E-state index contributed by atoms with van der Waals surface area (Å²) in [5.74, 6) is 0.103. The Balaban J connectivity index is 0.00000176. The predicted molar refractivity (Wildman–Crippen MR) is 96.1 cm³/mol. The minimum absolute atomic E-state index is 0. The summed E-state index contributed by atoms with van der Waals surface area (Å²) in [4.78, 5) is 13.5. The van der Waals surface area contributed by atoms with Crippen molar-refractivity contribution in [1.29, 1.82) is 0 Å². The van der Waals surface area contributed by atoms with Crippen LogP contribution >= 0.6 is 24.2 Å². The van der Waals surface area contributed by atoms with E-state index in [1.54, 1.807) is 0 Å². The van der Waals surface area contributed by atoms with Gasteiger partial charge in [-0.1, -0.05) is 19.3 Å². The zero-order valence-electron chi connectivity index (χ0n) is 12.8. The van der Waals surface area contributed by atoms with Gasteiger partial charge in [-0.2, -0.15) is 0 Å². The molecule has 1 saturated heterocycles. The Kier molecular flexibility index (Phi) is 7.06. The number of benzene rings is 1. The van der Waals surface area contributed by atoms with Crippen molar-refractivity contribution in [2.24, 2.45) is 0 Å². The van der Waals surface area contributed by atoms with Gasteiger partial charge < -0.3 is 10.6 Å². The van der Waals surface area contributed by atoms with Crippen molar-refractivity contribution in [1.82, 2.24) is 5.32 Å². The number of halogens is 1. The fourth-order valence-electron chi connectivity index (χ4n) is 3.12. The van der Waals surface area contributed by atoms with Gasteiger partial charge in [-0.15, -0.1) is 24.2 Å². The molecule has 2 fully saturated rings. The van der Waals surface area contributed by atoms with E-state index in [2.05, 4.69) is 22.8 Å². The van der Waals surface area contributed by atoms with E-state index in [-0.39, 0.29) is 24.4 Å². The van der Waals surface area contributed by atoms with Crippen LogP contribution in [-0.4, -0.2) is 23.7 Å². The molecular formula is C17H25ClN2OS. The minimum Gasteiger partial charge on any atom is -0.325 e. The van der Waals surface area contributed by atoms with E-state index in [4.69, 9.17) is 0 Å². The van der Waals surface area contributed by atoms with Gasteiger partial charge in [-0.3, -0.25) is 4.79 Å². The molecule has 0 spiro atoms. The lowest BCUT2D eigenvalue weighted by Crippen LogP contribution is -2.43. The first-order valence-corrected chi connectivity index (χ1v) is 9.00. The first-order valence-electron chi connectivity index (χ1n) is 8.12. The summed E-state index contributed by atoms with van der Waals surface area (Å²) in [6, 6.07) is 8.29. The molecule has 1 amide bonds. The van der Waals surface area contributed by atoms with Crippen LogP contribution < -0.4 is 10.6 Å². The van der Waals surface area contributed by atoms with E-state index in [9.17, 15) is 4.79 Å². The maximum Gasteiger partial charge on any atom is 0.241 e. The molecule has 1 saturated carbocycles. The maximum absolute atomic E-state index is 12.2. The van der Waals surface area contributed by atoms with Crippen LogP contribution in [0.3, 0.4) is 0 Å². The van der Waals surface area contributed by atoms with E-state index in [0.29, 0.717) is 0 Å². The van der Waals surface area contributed by atoms with Crippen molar-refractivity contribution in [3.63, 3.8) is 0 Å². The molecule has 1 heterocycles. The first-order chi connectivity index (χ1) is 10.3. The third kappa shape index (κ3) is 4.90. The Bertz CT molecular complexity index is 468. The highest BCUT2D eigenvalue weighted by Crippen LogP contribution is 2.34. The Morgan fingerprint density at radius 1 is 1.05 bits per heavy atom. The SMILES string of the molecule is Cl.O=C(Nc1ccc(SC2CCCC2)cc1)C1CCCCN1. The average molecular weight is 341 g/mol. The van der Waals surface area contributed by atoms with Crippen LogP contribution in [0, 0.1) is 0 Å². The zero-order chi connectivity index (χ0) is 14.5. The van der Waals surface area contributed by atoms with Crippen molar-refractivity contribution >= 4 is 35.8 Å². The van der Waals surface area contributed by atoms with Gasteiger partial charge in [0.25, 0.3) is 0 Å². The number of nitrogens with one attached hydrogen (secondary N) is 2. The summed E-state index contributed by atoms with van der Waals surface area (Å²) in [6.45, 7) is 0.953. The van der Waals surface area contributed by atoms with Crippen LogP contribution in [-0.2, 0) is 4.79 Å². The molecule has 2 aliphatic rings. The molecule has 1 unspecified atom stereocenters. The molecule has 22 heavy (non-hydrogen) atoms. The topological polar surface area (TPSA) is 41.1 Å². The summed E-state index contributed by atoms with van der Waals surface area (Å²) in [6.07, 6.45) is 8.70. The summed E-state index contributed by atoms with van der Waals surface area (Å²) < 4.78 is 0. The van der Waals surface area contributed by atoms with Crippen LogP contribution in [0.15, 0.2) is 29.2 Å². The molecule has 1 atom stereocenters. The summed E-state index contributed by atoms with van der Waals surface area (Å²) in [5, 5.41) is 7.09. The maximum atomic E-state index is 12.2. The fraction of sp³-hybridized carbons (Fsp3) is 0.588. The molecular weight excluding hydrogens is 316 g/mol. The summed E-state index contributed by atoms with van der Waals surface area (Å²) >= 11 is 1.98. The van der Waals surface area contributed by atoms with Crippen molar-refractivity contribution in [2.75, 3.05) is 11.9 Å². The van der Waals surface area contributed by atoms with Gasteiger partial charge in [0.05, 0.1) is 6.04 Å². The second-order valence-corrected chi connectivity index (χ2v) is 7.41. The number of piperidine rings is 1. The van der Waals surface area contributed by atoms with E-state index in [0.717, 1.165) is 30.3 Å². The van der Waals surface area contributed by atoms with Crippen LogP contribution in [0.1, 0.15) is 44.9 Å². The molecule has 0 bridgehead atoms. The average Bonchev–Trinajstić information content (AvgIpc) is 3.03. The van der Waals surface area contributed by atoms with Gasteiger partial charge in [0.1, 0.15) is 0 Å². The van der Waals surface area contributed by atoms with Crippen LogP contribution in [0.4, 0.5) is 5.69 Å². The number of carbonyl (C=O) groups is 1. The highest BCUT2D eigenvalue weighted by atomic mass is 35.5. The predicted octanol–water partition coefficient (Wildman–Crippen LogP) is 4.22. The Morgan fingerprint density at radius 2 is 1.73 bits per heavy atom. The quantitative estimate of drug-likeness (QED) is 0.862. The van der Waals surface area contributed by atoms with E-state index < -0.39 is 0 Å². The van der Waals surface area contributed by atoms with Crippen LogP contribution in [0.5, 0.6) is 0 Å². The summed E-state index contributed by atoms with van der Waals surface area (Å²) in [7, 11) is 0. The molecule has 5 heteroatoms. The highest BCUT2D eigenvalue weighted by Gasteiger charge is 2.20. The third-order valence-corrected chi connectivity index (χ3v) is 5.70. The Labute approximate surface area is 143 Å². The van der Waals surface area contributed by atoms with E-state index in [1.165, 1.54) is 37.0 Å². The van der Waals surface area contributed by atoms with Crippen molar-refractivity contribution in [3.8, 4) is 0 Å². The van der Waals surface area contributed by atoms with E-state index in [1.807, 2.05) is 23.9 Å². The molecule has 3 rings (SSSR count). The lowest BCUT2D eigenvalue weighted by molar-refractivity contribution is -0.118. The molecule has 0 radical (unpaired) electrons. The van der Waals surface area contributed by atoms with Crippen molar-refractivity contribution < 1.29 is 4.79 Å². The Hall–Kier alpha value is -0.710. The minimum atomic E-state index is -0.0220. The van der Waals surface area contributed by atoms with Gasteiger partial charge in [0.2, 0.25) is 5.91 Å². The molecule has 1 aromatic rings. The third-order valence-electron chi connectivity index (χ3n) is 4.35. The Morgan fingerprint density at radius 3 is 2.36 bits per heavy atom. The molecule has 1 aromatic carbocycles. The first kappa shape index (κ1) is 17.6. The standard InChI is InChI=1S/C17H24N2OS.ClH/c20-17(16-7-3-4-12-18-16)19-13-8-10-15(11-9-13)21-14-5-1-2-6-14;/h8-11,14,16,18H,1-7,12H2,(H,19,20);1H. The zero-order valence-corrected chi connectivity index (χ0v) is 14.5. The van der Waals surface area contributed by atoms with Gasteiger partial charge in [0.15, 0.2) is 0 Å². The molecule has 122 valence electrons. The molecule has 2 N–H and O–H groups in total. The second-order valence-electron chi connectivity index (χ2n) is 6.04. The molecule has 3 nitrogen and oxygen atoms in total. The molecule has 1 aliphatic carbocycles. The number of thioether (sulfide) groups is 1. The molecule has 0 aromatic heterocycles. The number of hydrogen-bond donors (Lipinski definition) is 2. The van der Waals surface area contributed by atoms with Gasteiger partial charge in [0, 0.05) is 15.8 Å². The second kappa shape index (κ2) is 8.80. The van der Waals surface area contributed by atoms with Gasteiger partial charge in [-0.25, -0.2) is 0 Å². The molecule has 1 aliphatic heterocycles. The van der Waals surface area contributed by atoms with Crippen molar-refractivity contribution in [3.05, 3.63) is 24.3 Å². The van der Waals surface area contributed by atoms with Crippen LogP contribution in [0.25, 0.3) is 0 Å². The smallest absolute Gasteiger partial charge is 0.241 e. The number of rotatable bonds is 4. The summed E-state index contributed by atoms with van der Waals surface area (Å²) in [5.41, 5.74) is 0.906. The van der Waals surface area contributed by atoms with E-state index >= 15 is 0 Å².